The van der Waals surface area contributed by atoms with Gasteiger partial charge >= 0.3 is 12.0 Å². The summed E-state index contributed by atoms with van der Waals surface area (Å²) in [5.41, 5.74) is 0.945. The Balaban J connectivity index is 2.34. The van der Waals surface area contributed by atoms with Gasteiger partial charge in [-0.15, -0.1) is 0 Å². The third-order valence-corrected chi connectivity index (χ3v) is 2.72. The van der Waals surface area contributed by atoms with Crippen molar-refractivity contribution >= 4 is 28.6 Å². The van der Waals surface area contributed by atoms with Crippen molar-refractivity contribution in [2.75, 3.05) is 0 Å². The molecule has 0 aliphatic rings. The minimum atomic E-state index is -1.04. The molecule has 18 heavy (non-hydrogen) atoms. The first kappa shape index (κ1) is 12.7. The number of ether oxygens (including phenoxy) is 1. The van der Waals surface area contributed by atoms with E-state index in [9.17, 15) is 4.79 Å². The van der Waals surface area contributed by atoms with Gasteiger partial charge in [-0.1, -0.05) is 11.6 Å². The lowest BCUT2D eigenvalue weighted by molar-refractivity contribution is 0.0694. The molecule has 0 spiro atoms. The summed E-state index contributed by atoms with van der Waals surface area (Å²) in [4.78, 5) is 19.0. The van der Waals surface area contributed by atoms with Crippen LogP contribution in [0.1, 0.15) is 15.9 Å². The van der Waals surface area contributed by atoms with Crippen LogP contribution in [-0.4, -0.2) is 21.0 Å². The number of hydrogen-bond acceptors (Lipinski definition) is 4. The van der Waals surface area contributed by atoms with Gasteiger partial charge in [-0.3, -0.25) is 0 Å². The van der Waals surface area contributed by atoms with E-state index >= 15 is 0 Å². The van der Waals surface area contributed by atoms with Gasteiger partial charge in [0.15, 0.2) is 0 Å². The fourth-order valence-corrected chi connectivity index (χ4v) is 1.63. The van der Waals surface area contributed by atoms with E-state index in [2.05, 4.69) is 32.6 Å². The van der Waals surface area contributed by atoms with E-state index in [1.165, 1.54) is 0 Å². The number of aromatic carboxylic acids is 1. The van der Waals surface area contributed by atoms with E-state index in [1.807, 2.05) is 6.92 Å². The third kappa shape index (κ3) is 2.95. The molecule has 0 aliphatic heterocycles. The molecule has 6 heteroatoms. The molecule has 1 N–H and O–H groups in total. The number of halogens is 1. The third-order valence-electron chi connectivity index (χ3n) is 2.16. The lowest BCUT2D eigenvalue weighted by Crippen LogP contribution is -2.02. The minimum absolute atomic E-state index is 0.0946. The Labute approximate surface area is 117 Å². The number of carboxylic acids is 1. The van der Waals surface area contributed by atoms with Crippen LogP contribution in [-0.2, 0) is 0 Å². The van der Waals surface area contributed by atoms with Gasteiger partial charge in [-0.05, 0) is 41.6 Å². The van der Waals surface area contributed by atoms with Crippen molar-refractivity contribution in [3.63, 3.8) is 0 Å². The van der Waals surface area contributed by atoms with E-state index in [0.717, 1.165) is 9.13 Å². The highest BCUT2D eigenvalue weighted by molar-refractivity contribution is 14.1. The first-order valence-corrected chi connectivity index (χ1v) is 6.13. The molecule has 0 unspecified atom stereocenters. The number of rotatable bonds is 3. The number of carboxylic acid groups (broad SMARTS) is 1. The summed E-state index contributed by atoms with van der Waals surface area (Å²) in [6.07, 6.45) is 3.19. The van der Waals surface area contributed by atoms with Crippen molar-refractivity contribution in [2.45, 2.75) is 6.92 Å². The molecule has 0 radical (unpaired) electrons. The molecule has 2 aromatic rings. The summed E-state index contributed by atoms with van der Waals surface area (Å²) in [7, 11) is 0. The average molecular weight is 356 g/mol. The van der Waals surface area contributed by atoms with E-state index in [1.54, 1.807) is 30.6 Å². The Morgan fingerprint density at radius 3 is 2.61 bits per heavy atom. The van der Waals surface area contributed by atoms with Crippen LogP contribution in [0.3, 0.4) is 0 Å². The Bertz CT molecular complexity index is 584. The number of nitrogens with zero attached hydrogens (tertiary/aromatic N) is 2. The number of benzene rings is 1. The molecule has 0 saturated heterocycles. The van der Waals surface area contributed by atoms with Gasteiger partial charge in [0.1, 0.15) is 11.3 Å². The fourth-order valence-electron chi connectivity index (χ4n) is 1.35. The Morgan fingerprint density at radius 1 is 1.33 bits per heavy atom. The van der Waals surface area contributed by atoms with Crippen LogP contribution in [0.2, 0.25) is 0 Å². The van der Waals surface area contributed by atoms with Crippen molar-refractivity contribution in [1.29, 1.82) is 0 Å². The number of hydrogen-bond donors (Lipinski definition) is 1. The van der Waals surface area contributed by atoms with Crippen molar-refractivity contribution in [3.8, 4) is 11.8 Å². The predicted molar refractivity (Wildman–Crippen MR) is 73.0 cm³/mol. The van der Waals surface area contributed by atoms with Crippen LogP contribution in [0.4, 0.5) is 0 Å². The lowest BCUT2D eigenvalue weighted by Gasteiger charge is -2.07. The molecule has 5 nitrogen and oxygen atoms in total. The maximum atomic E-state index is 11.1. The lowest BCUT2D eigenvalue weighted by atomic mass is 10.1. The van der Waals surface area contributed by atoms with E-state index in [0.29, 0.717) is 0 Å². The molecular weight excluding hydrogens is 347 g/mol. The molecule has 0 atom stereocenters. The zero-order valence-corrected chi connectivity index (χ0v) is 11.6. The molecule has 92 valence electrons. The Kier molecular flexibility index (Phi) is 3.75. The van der Waals surface area contributed by atoms with E-state index in [-0.39, 0.29) is 17.3 Å². The molecule has 1 aromatic heterocycles. The van der Waals surface area contributed by atoms with Gasteiger partial charge in [0, 0.05) is 16.0 Å². The molecule has 0 fully saturated rings. The average Bonchev–Trinajstić information content (AvgIpc) is 2.34. The highest BCUT2D eigenvalue weighted by atomic mass is 127. The second-order valence-corrected chi connectivity index (χ2v) is 4.84. The minimum Gasteiger partial charge on any atom is -0.478 e. The van der Waals surface area contributed by atoms with Gasteiger partial charge in [-0.25, -0.2) is 14.8 Å². The maximum Gasteiger partial charge on any atom is 0.339 e. The first-order chi connectivity index (χ1) is 8.56. The topological polar surface area (TPSA) is 72.3 Å². The maximum absolute atomic E-state index is 11.1. The summed E-state index contributed by atoms with van der Waals surface area (Å²) in [5.74, 6) is -0.812. The van der Waals surface area contributed by atoms with E-state index in [4.69, 9.17) is 9.84 Å². The molecule has 0 amide bonds. The van der Waals surface area contributed by atoms with Crippen LogP contribution >= 0.6 is 22.6 Å². The van der Waals surface area contributed by atoms with Crippen LogP contribution in [0.25, 0.3) is 0 Å². The van der Waals surface area contributed by atoms with Crippen LogP contribution < -0.4 is 4.74 Å². The molecule has 1 aromatic carbocycles. The SMILES string of the molecule is Cc1ccc(Oc2ncc(I)cn2)c(C(=O)O)c1. The molecule has 1 heterocycles. The van der Waals surface area contributed by atoms with Crippen LogP contribution in [0.15, 0.2) is 30.6 Å². The van der Waals surface area contributed by atoms with Crippen molar-refractivity contribution in [2.24, 2.45) is 0 Å². The van der Waals surface area contributed by atoms with Crippen molar-refractivity contribution in [3.05, 3.63) is 45.3 Å². The monoisotopic (exact) mass is 356 g/mol. The van der Waals surface area contributed by atoms with Crippen LogP contribution in [0.5, 0.6) is 11.8 Å². The summed E-state index contributed by atoms with van der Waals surface area (Å²) < 4.78 is 6.25. The number of carbonyl (C=O) groups is 1. The van der Waals surface area contributed by atoms with Crippen LogP contribution in [0, 0.1) is 10.5 Å². The van der Waals surface area contributed by atoms with Gasteiger partial charge < -0.3 is 9.84 Å². The zero-order valence-electron chi connectivity index (χ0n) is 9.42. The summed E-state index contributed by atoms with van der Waals surface area (Å²) in [5, 5.41) is 9.09. The smallest absolute Gasteiger partial charge is 0.339 e. The van der Waals surface area contributed by atoms with Gasteiger partial charge in [0.05, 0.1) is 0 Å². The molecule has 0 aliphatic carbocycles. The van der Waals surface area contributed by atoms with Crippen molar-refractivity contribution in [1.82, 2.24) is 9.97 Å². The largest absolute Gasteiger partial charge is 0.478 e. The predicted octanol–water partition coefficient (Wildman–Crippen LogP) is 2.88. The summed E-state index contributed by atoms with van der Waals surface area (Å²) in [6.45, 7) is 1.82. The molecule has 0 saturated carbocycles. The Hall–Kier alpha value is -1.70. The molecular formula is C12H9IN2O3. The highest BCUT2D eigenvalue weighted by Crippen LogP contribution is 2.24. The molecule has 2 rings (SSSR count). The zero-order chi connectivity index (χ0) is 13.1. The molecule has 0 bridgehead atoms. The van der Waals surface area contributed by atoms with Gasteiger partial charge in [0.2, 0.25) is 0 Å². The van der Waals surface area contributed by atoms with Gasteiger partial charge in [-0.2, -0.15) is 0 Å². The summed E-state index contributed by atoms with van der Waals surface area (Å²) >= 11 is 2.07. The second-order valence-electron chi connectivity index (χ2n) is 3.59. The number of aromatic nitrogens is 2. The van der Waals surface area contributed by atoms with Crippen molar-refractivity contribution < 1.29 is 14.6 Å². The Morgan fingerprint density at radius 2 is 2.00 bits per heavy atom. The van der Waals surface area contributed by atoms with E-state index < -0.39 is 5.97 Å². The summed E-state index contributed by atoms with van der Waals surface area (Å²) in [6, 6.07) is 5.04. The fraction of sp³-hybridized carbons (Fsp3) is 0.0833. The quantitative estimate of drug-likeness (QED) is 0.857. The standard InChI is InChI=1S/C12H9IN2O3/c1-7-2-3-10(9(4-7)11(16)17)18-12-14-5-8(13)6-15-12/h2-6H,1H3,(H,16,17). The highest BCUT2D eigenvalue weighted by Gasteiger charge is 2.13. The first-order valence-electron chi connectivity index (χ1n) is 5.05. The second kappa shape index (κ2) is 5.30. The number of aryl methyl sites for hydroxylation is 1. The normalized spacial score (nSPS) is 10.1. The van der Waals surface area contributed by atoms with Gasteiger partial charge in [0.25, 0.3) is 0 Å².